The zero-order valence-electron chi connectivity index (χ0n) is 10.1. The van der Waals surface area contributed by atoms with E-state index in [0.717, 1.165) is 18.7 Å². The van der Waals surface area contributed by atoms with Crippen LogP contribution in [0.3, 0.4) is 0 Å². The number of rotatable bonds is 5. The quantitative estimate of drug-likeness (QED) is 0.801. The predicted molar refractivity (Wildman–Crippen MR) is 64.5 cm³/mol. The Hall–Kier alpha value is -1.02. The van der Waals surface area contributed by atoms with Crippen LogP contribution in [0.2, 0.25) is 0 Å². The summed E-state index contributed by atoms with van der Waals surface area (Å²) in [6.07, 6.45) is 1.05. The molecule has 0 saturated carbocycles. The molecule has 2 heteroatoms. The summed E-state index contributed by atoms with van der Waals surface area (Å²) >= 11 is 0. The first-order valence-corrected chi connectivity index (χ1v) is 5.50. The van der Waals surface area contributed by atoms with E-state index in [1.54, 1.807) is 0 Å². The van der Waals surface area contributed by atoms with Crippen LogP contribution >= 0.6 is 0 Å². The monoisotopic (exact) mass is 207 g/mol. The van der Waals surface area contributed by atoms with Gasteiger partial charge >= 0.3 is 0 Å². The van der Waals surface area contributed by atoms with Crippen LogP contribution in [0.15, 0.2) is 24.3 Å². The lowest BCUT2D eigenvalue weighted by Crippen LogP contribution is -2.38. The molecule has 0 aliphatic heterocycles. The van der Waals surface area contributed by atoms with E-state index in [4.69, 9.17) is 4.74 Å². The summed E-state index contributed by atoms with van der Waals surface area (Å²) in [5.74, 6) is 0.953. The average Bonchev–Trinajstić information content (AvgIpc) is 2.17. The van der Waals surface area contributed by atoms with E-state index in [2.05, 4.69) is 38.2 Å². The van der Waals surface area contributed by atoms with Gasteiger partial charge < -0.3 is 10.1 Å². The minimum Gasteiger partial charge on any atom is -0.487 e. The Bertz CT molecular complexity index is 307. The van der Waals surface area contributed by atoms with Crippen molar-refractivity contribution in [3.8, 4) is 5.75 Å². The van der Waals surface area contributed by atoms with Crippen molar-refractivity contribution in [2.45, 2.75) is 32.8 Å². The van der Waals surface area contributed by atoms with Crippen molar-refractivity contribution in [3.63, 3.8) is 0 Å². The van der Waals surface area contributed by atoms with Crippen LogP contribution in [0.4, 0.5) is 0 Å². The summed E-state index contributed by atoms with van der Waals surface area (Å²) in [5.41, 5.74) is 1.15. The van der Waals surface area contributed by atoms with Crippen LogP contribution in [0.5, 0.6) is 5.75 Å². The van der Waals surface area contributed by atoms with Gasteiger partial charge in [0.05, 0.1) is 0 Å². The summed E-state index contributed by atoms with van der Waals surface area (Å²) in [7, 11) is 1.94. The molecule has 0 radical (unpaired) electrons. The van der Waals surface area contributed by atoms with Crippen LogP contribution in [0, 0.1) is 0 Å². The van der Waals surface area contributed by atoms with Gasteiger partial charge in [-0.15, -0.1) is 0 Å². The molecule has 1 aromatic carbocycles. The minimum atomic E-state index is -0.166. The van der Waals surface area contributed by atoms with E-state index in [9.17, 15) is 0 Å². The molecule has 1 rings (SSSR count). The molecule has 84 valence electrons. The maximum Gasteiger partial charge on any atom is 0.120 e. The Labute approximate surface area is 92.6 Å². The third-order valence-corrected chi connectivity index (χ3v) is 2.30. The first kappa shape index (κ1) is 12.1. The summed E-state index contributed by atoms with van der Waals surface area (Å²) in [5, 5.41) is 3.13. The summed E-state index contributed by atoms with van der Waals surface area (Å²) in [6.45, 7) is 7.16. The average molecular weight is 207 g/mol. The van der Waals surface area contributed by atoms with Gasteiger partial charge in [-0.1, -0.05) is 19.1 Å². The number of ether oxygens (including phenoxy) is 1. The van der Waals surface area contributed by atoms with Gasteiger partial charge in [0.1, 0.15) is 11.4 Å². The molecule has 0 saturated heterocycles. The lowest BCUT2D eigenvalue weighted by Gasteiger charge is -2.26. The van der Waals surface area contributed by atoms with E-state index in [1.807, 2.05) is 19.2 Å². The second-order valence-corrected chi connectivity index (χ2v) is 4.39. The Kier molecular flexibility index (Phi) is 4.15. The Balaban J connectivity index is 2.71. The molecule has 0 bridgehead atoms. The summed E-state index contributed by atoms with van der Waals surface area (Å²) in [4.78, 5) is 0. The predicted octanol–water partition coefficient (Wildman–Crippen LogP) is 2.63. The molecule has 15 heavy (non-hydrogen) atoms. The number of benzene rings is 1. The van der Waals surface area contributed by atoms with Crippen LogP contribution in [-0.2, 0) is 6.42 Å². The highest BCUT2D eigenvalue weighted by atomic mass is 16.5. The zero-order valence-corrected chi connectivity index (χ0v) is 10.1. The number of nitrogens with one attached hydrogen (secondary N) is 1. The number of likely N-dealkylation sites (N-methyl/N-ethyl adjacent to an activating group) is 1. The topological polar surface area (TPSA) is 21.3 Å². The van der Waals surface area contributed by atoms with Crippen molar-refractivity contribution in [2.24, 2.45) is 0 Å². The van der Waals surface area contributed by atoms with Gasteiger partial charge in [-0.3, -0.25) is 0 Å². The second-order valence-electron chi connectivity index (χ2n) is 4.39. The maximum atomic E-state index is 5.92. The normalized spacial score (nSPS) is 11.5. The van der Waals surface area contributed by atoms with Crippen molar-refractivity contribution in [1.29, 1.82) is 0 Å². The van der Waals surface area contributed by atoms with E-state index in [-0.39, 0.29) is 5.60 Å². The summed E-state index contributed by atoms with van der Waals surface area (Å²) < 4.78 is 5.92. The smallest absolute Gasteiger partial charge is 0.120 e. The number of hydrogen-bond acceptors (Lipinski definition) is 2. The van der Waals surface area contributed by atoms with Gasteiger partial charge in [0.25, 0.3) is 0 Å². The maximum absolute atomic E-state index is 5.92. The fraction of sp³-hybridized carbons (Fsp3) is 0.538. The number of aryl methyl sites for hydroxylation is 1. The summed E-state index contributed by atoms with van der Waals surface area (Å²) in [6, 6.07) is 8.29. The highest BCUT2D eigenvalue weighted by Gasteiger charge is 2.18. The highest BCUT2D eigenvalue weighted by Crippen LogP contribution is 2.19. The first-order valence-electron chi connectivity index (χ1n) is 5.50. The molecule has 1 aromatic rings. The van der Waals surface area contributed by atoms with Crippen LogP contribution < -0.4 is 10.1 Å². The van der Waals surface area contributed by atoms with Crippen LogP contribution in [-0.4, -0.2) is 19.2 Å². The Morgan fingerprint density at radius 1 is 1.33 bits per heavy atom. The lowest BCUT2D eigenvalue weighted by molar-refractivity contribution is 0.110. The largest absolute Gasteiger partial charge is 0.487 e. The van der Waals surface area contributed by atoms with Crippen molar-refractivity contribution >= 4 is 0 Å². The van der Waals surface area contributed by atoms with E-state index in [0.29, 0.717) is 0 Å². The van der Waals surface area contributed by atoms with Gasteiger partial charge in [-0.05, 0) is 45.0 Å². The van der Waals surface area contributed by atoms with Gasteiger partial charge in [0.2, 0.25) is 0 Å². The molecule has 0 atom stereocenters. The van der Waals surface area contributed by atoms with Gasteiger partial charge in [0, 0.05) is 6.54 Å². The van der Waals surface area contributed by atoms with Crippen LogP contribution in [0.25, 0.3) is 0 Å². The Morgan fingerprint density at radius 2 is 2.07 bits per heavy atom. The zero-order chi connectivity index (χ0) is 11.3. The van der Waals surface area contributed by atoms with E-state index in [1.165, 1.54) is 5.56 Å². The van der Waals surface area contributed by atoms with Gasteiger partial charge in [-0.2, -0.15) is 0 Å². The lowest BCUT2D eigenvalue weighted by atomic mass is 10.1. The molecular formula is C13H21NO. The molecule has 0 heterocycles. The molecule has 1 N–H and O–H groups in total. The molecule has 0 aliphatic carbocycles. The second kappa shape index (κ2) is 5.17. The molecule has 0 aliphatic rings. The fourth-order valence-corrected chi connectivity index (χ4v) is 1.61. The molecular weight excluding hydrogens is 186 g/mol. The van der Waals surface area contributed by atoms with Crippen LogP contribution in [0.1, 0.15) is 26.3 Å². The number of hydrogen-bond donors (Lipinski definition) is 1. The SMILES string of the molecule is CCc1cccc(OC(C)(C)CNC)c1. The fourth-order valence-electron chi connectivity index (χ4n) is 1.61. The molecule has 0 aromatic heterocycles. The van der Waals surface area contributed by atoms with E-state index >= 15 is 0 Å². The molecule has 0 unspecified atom stereocenters. The third-order valence-electron chi connectivity index (χ3n) is 2.30. The van der Waals surface area contributed by atoms with E-state index < -0.39 is 0 Å². The van der Waals surface area contributed by atoms with Crippen molar-refractivity contribution in [1.82, 2.24) is 5.32 Å². The van der Waals surface area contributed by atoms with Crippen molar-refractivity contribution in [2.75, 3.05) is 13.6 Å². The third kappa shape index (κ3) is 3.92. The molecule has 0 amide bonds. The van der Waals surface area contributed by atoms with Gasteiger partial charge in [0.15, 0.2) is 0 Å². The first-order chi connectivity index (χ1) is 7.07. The Morgan fingerprint density at radius 3 is 2.67 bits per heavy atom. The van der Waals surface area contributed by atoms with Gasteiger partial charge in [-0.25, -0.2) is 0 Å². The standard InChI is InChI=1S/C13H21NO/c1-5-11-7-6-8-12(9-11)15-13(2,3)10-14-4/h6-9,14H,5,10H2,1-4H3. The molecule has 0 fully saturated rings. The highest BCUT2D eigenvalue weighted by molar-refractivity contribution is 5.29. The van der Waals surface area contributed by atoms with Crippen molar-refractivity contribution < 1.29 is 4.74 Å². The molecule has 2 nitrogen and oxygen atoms in total. The molecule has 0 spiro atoms. The minimum absolute atomic E-state index is 0.166. The van der Waals surface area contributed by atoms with Crippen molar-refractivity contribution in [3.05, 3.63) is 29.8 Å².